The van der Waals surface area contributed by atoms with Crippen molar-refractivity contribution in [1.82, 2.24) is 0 Å². The van der Waals surface area contributed by atoms with Crippen LogP contribution in [0.15, 0.2) is 30.3 Å². The van der Waals surface area contributed by atoms with E-state index in [2.05, 4.69) is 0 Å². The van der Waals surface area contributed by atoms with Crippen molar-refractivity contribution >= 4 is 12.4 Å². The molecule has 0 aliphatic heterocycles. The first kappa shape index (κ1) is 9.68. The molecule has 2 nitrogen and oxygen atoms in total. The Morgan fingerprint density at radius 2 is 1.92 bits per heavy atom. The summed E-state index contributed by atoms with van der Waals surface area (Å²) in [6.45, 7) is 0.670. The summed E-state index contributed by atoms with van der Waals surface area (Å²) in [6, 6.07) is 8.00. The van der Waals surface area contributed by atoms with Gasteiger partial charge < -0.3 is 5.73 Å². The fourth-order valence-electron chi connectivity index (χ4n) is 1.11. The molecule has 0 aliphatic carbocycles. The molecule has 0 heterocycles. The monoisotopic (exact) mass is 175 g/mol. The van der Waals surface area contributed by atoms with Crippen LogP contribution in [0.3, 0.4) is 0 Å². The number of rotatable bonds is 4. The molecule has 2 heteroatoms. The molecule has 0 unspecified atom stereocenters. The molecule has 0 atom stereocenters. The van der Waals surface area contributed by atoms with Gasteiger partial charge in [0, 0.05) is 0 Å². The first-order valence-corrected chi connectivity index (χ1v) is 4.27. The predicted octanol–water partition coefficient (Wildman–Crippen LogP) is 1.40. The van der Waals surface area contributed by atoms with Crippen LogP contribution in [0.4, 0.5) is 0 Å². The van der Waals surface area contributed by atoms with Crippen molar-refractivity contribution in [3.63, 3.8) is 0 Å². The molecule has 0 aromatic heterocycles. The maximum atomic E-state index is 10.0. The minimum absolute atomic E-state index is 0.670. The van der Waals surface area contributed by atoms with Gasteiger partial charge in [0.15, 0.2) is 0 Å². The van der Waals surface area contributed by atoms with Crippen molar-refractivity contribution in [3.05, 3.63) is 41.5 Å². The van der Waals surface area contributed by atoms with E-state index < -0.39 is 0 Å². The maximum Gasteiger partial charge on any atom is 0.142 e. The zero-order chi connectivity index (χ0) is 9.52. The molecule has 1 aromatic carbocycles. The lowest BCUT2D eigenvalue weighted by atomic mass is 10.1. The summed E-state index contributed by atoms with van der Waals surface area (Å²) >= 11 is 0. The third-order valence-corrected chi connectivity index (χ3v) is 1.78. The summed E-state index contributed by atoms with van der Waals surface area (Å²) in [5.74, 6) is 0. The Kier molecular flexibility index (Phi) is 3.93. The molecule has 0 aliphatic rings. The Hall–Kier alpha value is -1.41. The van der Waals surface area contributed by atoms with E-state index in [-0.39, 0.29) is 0 Å². The quantitative estimate of drug-likeness (QED) is 0.555. The van der Waals surface area contributed by atoms with Gasteiger partial charge in [-0.2, -0.15) is 0 Å². The molecule has 68 valence electrons. The van der Waals surface area contributed by atoms with E-state index in [4.69, 9.17) is 5.73 Å². The van der Waals surface area contributed by atoms with Crippen LogP contribution in [0.1, 0.15) is 11.1 Å². The van der Waals surface area contributed by atoms with Crippen LogP contribution < -0.4 is 5.73 Å². The van der Waals surface area contributed by atoms with Crippen molar-refractivity contribution in [3.8, 4) is 0 Å². The van der Waals surface area contributed by atoms with E-state index in [0.717, 1.165) is 18.3 Å². The van der Waals surface area contributed by atoms with Crippen molar-refractivity contribution in [1.29, 1.82) is 0 Å². The summed E-state index contributed by atoms with van der Waals surface area (Å²) in [7, 11) is 0. The number of allylic oxidation sites excluding steroid dienone is 1. The van der Waals surface area contributed by atoms with Crippen LogP contribution in [0.25, 0.3) is 6.08 Å². The number of carbonyl (C=O) groups excluding carboxylic acids is 1. The Morgan fingerprint density at radius 3 is 2.46 bits per heavy atom. The Balaban J connectivity index is 2.69. The largest absolute Gasteiger partial charge is 0.330 e. The number of carbonyl (C=O) groups is 1. The summed E-state index contributed by atoms with van der Waals surface area (Å²) < 4.78 is 0. The Morgan fingerprint density at radius 1 is 1.23 bits per heavy atom. The summed E-state index contributed by atoms with van der Waals surface area (Å²) in [5, 5.41) is 0. The summed E-state index contributed by atoms with van der Waals surface area (Å²) in [6.07, 6.45) is 4.93. The third kappa shape index (κ3) is 3.22. The number of hydrogen-bond acceptors (Lipinski definition) is 2. The predicted molar refractivity (Wildman–Crippen MR) is 54.3 cm³/mol. The highest BCUT2D eigenvalue weighted by Crippen LogP contribution is 2.05. The van der Waals surface area contributed by atoms with Gasteiger partial charge >= 0.3 is 0 Å². The van der Waals surface area contributed by atoms with Gasteiger partial charge in [-0.05, 0) is 30.2 Å². The van der Waals surface area contributed by atoms with E-state index >= 15 is 0 Å². The van der Waals surface area contributed by atoms with Gasteiger partial charge in [-0.15, -0.1) is 0 Å². The van der Waals surface area contributed by atoms with Gasteiger partial charge in [-0.1, -0.05) is 30.3 Å². The lowest BCUT2D eigenvalue weighted by Crippen LogP contribution is -2.02. The summed E-state index contributed by atoms with van der Waals surface area (Å²) in [5.41, 5.74) is 7.68. The van der Waals surface area contributed by atoms with Crippen LogP contribution >= 0.6 is 0 Å². The zero-order valence-electron chi connectivity index (χ0n) is 7.44. The standard InChI is InChI=1S/C11H13NO/c12-8-7-11-5-3-10(4-6-11)2-1-9-13/h1-6,9H,7-8,12H2. The highest BCUT2D eigenvalue weighted by atomic mass is 16.1. The second-order valence-corrected chi connectivity index (χ2v) is 2.78. The van der Waals surface area contributed by atoms with Crippen molar-refractivity contribution in [2.45, 2.75) is 6.42 Å². The highest BCUT2D eigenvalue weighted by molar-refractivity contribution is 5.73. The van der Waals surface area contributed by atoms with Crippen molar-refractivity contribution in [2.75, 3.05) is 6.54 Å². The molecule has 2 N–H and O–H groups in total. The van der Waals surface area contributed by atoms with Gasteiger partial charge in [0.2, 0.25) is 0 Å². The van der Waals surface area contributed by atoms with Crippen LogP contribution in [0.5, 0.6) is 0 Å². The SMILES string of the molecule is NCCc1ccc(C=CC=O)cc1. The van der Waals surface area contributed by atoms with Gasteiger partial charge in [-0.3, -0.25) is 4.79 Å². The summed E-state index contributed by atoms with van der Waals surface area (Å²) in [4.78, 5) is 10.0. The van der Waals surface area contributed by atoms with Gasteiger partial charge in [0.25, 0.3) is 0 Å². The topological polar surface area (TPSA) is 43.1 Å². The molecular weight excluding hydrogens is 162 g/mol. The minimum atomic E-state index is 0.670. The van der Waals surface area contributed by atoms with Crippen molar-refractivity contribution in [2.24, 2.45) is 5.73 Å². The van der Waals surface area contributed by atoms with Crippen LogP contribution in [-0.2, 0) is 11.2 Å². The fraction of sp³-hybridized carbons (Fsp3) is 0.182. The molecule has 13 heavy (non-hydrogen) atoms. The van der Waals surface area contributed by atoms with Crippen LogP contribution in [0.2, 0.25) is 0 Å². The maximum absolute atomic E-state index is 10.0. The minimum Gasteiger partial charge on any atom is -0.330 e. The number of aldehydes is 1. The van der Waals surface area contributed by atoms with Gasteiger partial charge in [0.05, 0.1) is 0 Å². The van der Waals surface area contributed by atoms with Crippen molar-refractivity contribution < 1.29 is 4.79 Å². The Labute approximate surface area is 78.1 Å². The average molecular weight is 175 g/mol. The highest BCUT2D eigenvalue weighted by Gasteiger charge is 1.90. The molecule has 1 aromatic rings. The van der Waals surface area contributed by atoms with E-state index in [0.29, 0.717) is 6.54 Å². The molecular formula is C11H13NO. The molecule has 0 saturated heterocycles. The lowest BCUT2D eigenvalue weighted by Gasteiger charge is -1.98. The van der Waals surface area contributed by atoms with E-state index in [1.54, 1.807) is 6.08 Å². The zero-order valence-corrected chi connectivity index (χ0v) is 7.44. The molecule has 1 rings (SSSR count). The fourth-order valence-corrected chi connectivity index (χ4v) is 1.11. The van der Waals surface area contributed by atoms with Gasteiger partial charge in [0.1, 0.15) is 6.29 Å². The normalized spacial score (nSPS) is 10.5. The van der Waals surface area contributed by atoms with Gasteiger partial charge in [-0.25, -0.2) is 0 Å². The third-order valence-electron chi connectivity index (χ3n) is 1.78. The average Bonchev–Trinajstić information content (AvgIpc) is 2.17. The molecule has 0 amide bonds. The van der Waals surface area contributed by atoms with Crippen LogP contribution in [-0.4, -0.2) is 12.8 Å². The lowest BCUT2D eigenvalue weighted by molar-refractivity contribution is -0.104. The molecule has 0 spiro atoms. The number of benzene rings is 1. The molecule has 0 fully saturated rings. The number of nitrogens with two attached hydrogens (primary N) is 1. The smallest absolute Gasteiger partial charge is 0.142 e. The van der Waals surface area contributed by atoms with E-state index in [1.165, 1.54) is 11.6 Å². The second-order valence-electron chi connectivity index (χ2n) is 2.78. The second kappa shape index (κ2) is 5.27. The molecule has 0 saturated carbocycles. The van der Waals surface area contributed by atoms with E-state index in [9.17, 15) is 4.79 Å². The van der Waals surface area contributed by atoms with Crippen LogP contribution in [0, 0.1) is 0 Å². The molecule has 0 radical (unpaired) electrons. The Bertz CT molecular complexity index is 287. The number of hydrogen-bond donors (Lipinski definition) is 1. The van der Waals surface area contributed by atoms with E-state index in [1.807, 2.05) is 24.3 Å². The first-order valence-electron chi connectivity index (χ1n) is 4.27. The molecule has 0 bridgehead atoms. The first-order chi connectivity index (χ1) is 6.36.